The highest BCUT2D eigenvalue weighted by Gasteiger charge is 2.11. The number of hydrogen-bond donors (Lipinski definition) is 2. The van der Waals surface area contributed by atoms with Crippen LogP contribution in [-0.4, -0.2) is 46.2 Å². The molecule has 0 atom stereocenters. The van der Waals surface area contributed by atoms with Gasteiger partial charge >= 0.3 is 6.01 Å². The third-order valence-electron chi connectivity index (χ3n) is 4.78. The van der Waals surface area contributed by atoms with Gasteiger partial charge in [-0.3, -0.25) is 0 Å². The Morgan fingerprint density at radius 2 is 1.86 bits per heavy atom. The molecule has 8 nitrogen and oxygen atoms in total. The largest absolute Gasteiger partial charge is 0.424 e. The van der Waals surface area contributed by atoms with Gasteiger partial charge in [0.05, 0.1) is 13.2 Å². The lowest BCUT2D eigenvalue weighted by Crippen LogP contribution is -2.36. The van der Waals surface area contributed by atoms with E-state index < -0.39 is 0 Å². The van der Waals surface area contributed by atoms with E-state index in [1.807, 2.05) is 42.6 Å². The number of anilines is 3. The van der Waals surface area contributed by atoms with Crippen LogP contribution in [-0.2, 0) is 4.74 Å². The van der Waals surface area contributed by atoms with Gasteiger partial charge in [-0.25, -0.2) is 4.98 Å². The fourth-order valence-electron chi connectivity index (χ4n) is 3.30. The molecule has 1 aliphatic heterocycles. The molecule has 0 unspecified atom stereocenters. The van der Waals surface area contributed by atoms with Gasteiger partial charge in [-0.2, -0.15) is 9.97 Å². The van der Waals surface area contributed by atoms with Gasteiger partial charge < -0.3 is 24.7 Å². The topological polar surface area (TPSA) is 88.2 Å². The number of nitrogens with one attached hydrogen (secondary N) is 2. The van der Waals surface area contributed by atoms with E-state index in [0.717, 1.165) is 42.9 Å². The first kappa shape index (κ1) is 17.4. The van der Waals surface area contributed by atoms with Crippen molar-refractivity contribution >= 4 is 28.2 Å². The summed E-state index contributed by atoms with van der Waals surface area (Å²) < 4.78 is 11.2. The van der Waals surface area contributed by atoms with Gasteiger partial charge in [-0.15, -0.1) is 0 Å². The second-order valence-electron chi connectivity index (χ2n) is 6.69. The molecular formula is C21H20N6O2. The fourth-order valence-corrected chi connectivity index (χ4v) is 3.30. The molecule has 0 spiro atoms. The van der Waals surface area contributed by atoms with Crippen molar-refractivity contribution in [2.75, 3.05) is 36.5 Å². The smallest absolute Gasteiger partial charge is 0.326 e. The monoisotopic (exact) mass is 388 g/mol. The summed E-state index contributed by atoms with van der Waals surface area (Å²) in [7, 11) is 0. The number of aromatic amines is 1. The van der Waals surface area contributed by atoms with Crippen molar-refractivity contribution in [1.29, 1.82) is 0 Å². The maximum atomic E-state index is 5.80. The maximum absolute atomic E-state index is 5.80. The zero-order chi connectivity index (χ0) is 19.5. The van der Waals surface area contributed by atoms with E-state index >= 15 is 0 Å². The van der Waals surface area contributed by atoms with Gasteiger partial charge in [0.1, 0.15) is 12.1 Å². The number of ether oxygens (including phenoxy) is 2. The van der Waals surface area contributed by atoms with E-state index in [1.165, 1.54) is 12.0 Å². The minimum absolute atomic E-state index is 0.238. The minimum atomic E-state index is 0.238. The quantitative estimate of drug-likeness (QED) is 0.539. The molecule has 29 heavy (non-hydrogen) atoms. The van der Waals surface area contributed by atoms with E-state index in [9.17, 15) is 0 Å². The molecule has 4 aromatic rings. The first-order valence-electron chi connectivity index (χ1n) is 9.47. The molecule has 146 valence electrons. The number of H-pyrrole nitrogens is 1. The van der Waals surface area contributed by atoms with Crippen LogP contribution in [0, 0.1) is 0 Å². The van der Waals surface area contributed by atoms with Crippen LogP contribution in [0.1, 0.15) is 0 Å². The third kappa shape index (κ3) is 3.97. The molecule has 1 fully saturated rings. The number of aromatic nitrogens is 4. The zero-order valence-corrected chi connectivity index (χ0v) is 15.7. The molecule has 2 N–H and O–H groups in total. The average Bonchev–Trinajstić information content (AvgIpc) is 3.23. The predicted molar refractivity (Wildman–Crippen MR) is 111 cm³/mol. The van der Waals surface area contributed by atoms with Crippen molar-refractivity contribution < 1.29 is 9.47 Å². The number of rotatable bonds is 5. The number of fused-ring (bicyclic) bond motifs is 1. The molecule has 0 radical (unpaired) electrons. The molecular weight excluding hydrogens is 368 g/mol. The van der Waals surface area contributed by atoms with Crippen molar-refractivity contribution in [3.05, 3.63) is 61.1 Å². The van der Waals surface area contributed by atoms with E-state index in [2.05, 4.69) is 42.3 Å². The van der Waals surface area contributed by atoms with Crippen LogP contribution in [0.5, 0.6) is 11.8 Å². The third-order valence-corrected chi connectivity index (χ3v) is 4.78. The van der Waals surface area contributed by atoms with Crippen molar-refractivity contribution in [1.82, 2.24) is 19.9 Å². The fraction of sp³-hybridized carbons (Fsp3) is 0.190. The van der Waals surface area contributed by atoms with Crippen molar-refractivity contribution in [2.45, 2.75) is 0 Å². The van der Waals surface area contributed by atoms with E-state index in [4.69, 9.17) is 9.47 Å². The van der Waals surface area contributed by atoms with Gasteiger partial charge in [0.25, 0.3) is 0 Å². The second-order valence-corrected chi connectivity index (χ2v) is 6.69. The summed E-state index contributed by atoms with van der Waals surface area (Å²) in [6.07, 6.45) is 3.32. The molecule has 0 bridgehead atoms. The summed E-state index contributed by atoms with van der Waals surface area (Å²) in [5, 5.41) is 4.26. The Kier molecular flexibility index (Phi) is 4.67. The SMILES string of the molecule is c1nc(Nc2ccc(N3CCOCC3)cc2)nc(Oc2ccc3[nH]ccc3c2)n1. The molecule has 3 heterocycles. The number of morpholine rings is 1. The summed E-state index contributed by atoms with van der Waals surface area (Å²) in [5.41, 5.74) is 3.13. The molecule has 2 aromatic heterocycles. The number of nitrogens with zero attached hydrogens (tertiary/aromatic N) is 4. The first-order chi connectivity index (χ1) is 14.3. The van der Waals surface area contributed by atoms with E-state index in [0.29, 0.717) is 11.7 Å². The summed E-state index contributed by atoms with van der Waals surface area (Å²) in [6.45, 7) is 3.36. The van der Waals surface area contributed by atoms with Crippen LogP contribution in [0.4, 0.5) is 17.3 Å². The van der Waals surface area contributed by atoms with E-state index in [1.54, 1.807) is 0 Å². The molecule has 0 saturated carbocycles. The molecule has 1 aliphatic rings. The zero-order valence-electron chi connectivity index (χ0n) is 15.7. The molecule has 1 saturated heterocycles. The molecule has 0 aliphatic carbocycles. The molecule has 5 rings (SSSR count). The van der Waals surface area contributed by atoms with Crippen LogP contribution in [0.15, 0.2) is 61.1 Å². The van der Waals surface area contributed by atoms with Crippen LogP contribution < -0.4 is 15.0 Å². The van der Waals surface area contributed by atoms with Crippen LogP contribution in [0.3, 0.4) is 0 Å². The lowest BCUT2D eigenvalue weighted by atomic mass is 10.2. The lowest BCUT2D eigenvalue weighted by Gasteiger charge is -2.28. The average molecular weight is 388 g/mol. The molecule has 2 aromatic carbocycles. The van der Waals surface area contributed by atoms with Crippen molar-refractivity contribution in [3.63, 3.8) is 0 Å². The highest BCUT2D eigenvalue weighted by atomic mass is 16.5. The lowest BCUT2D eigenvalue weighted by molar-refractivity contribution is 0.122. The van der Waals surface area contributed by atoms with Gasteiger partial charge in [0.2, 0.25) is 5.95 Å². The van der Waals surface area contributed by atoms with Crippen LogP contribution >= 0.6 is 0 Å². The van der Waals surface area contributed by atoms with Crippen molar-refractivity contribution in [3.8, 4) is 11.8 Å². The Morgan fingerprint density at radius 3 is 2.72 bits per heavy atom. The minimum Gasteiger partial charge on any atom is -0.424 e. The summed E-state index contributed by atoms with van der Waals surface area (Å²) in [4.78, 5) is 18.1. The van der Waals surface area contributed by atoms with Gasteiger partial charge in [-0.05, 0) is 48.5 Å². The summed E-state index contributed by atoms with van der Waals surface area (Å²) in [6, 6.07) is 16.2. The normalized spacial score (nSPS) is 14.1. The molecule has 0 amide bonds. The van der Waals surface area contributed by atoms with Crippen LogP contribution in [0.25, 0.3) is 10.9 Å². The Balaban J connectivity index is 1.28. The van der Waals surface area contributed by atoms with Crippen LogP contribution in [0.2, 0.25) is 0 Å². The Morgan fingerprint density at radius 1 is 1.00 bits per heavy atom. The standard InChI is InChI=1S/C21H20N6O2/c1-3-17(27-9-11-28-12-10-27)4-2-16(1)25-20-23-14-24-21(26-20)29-18-5-6-19-15(13-18)7-8-22-19/h1-8,13-14,22H,9-12H2,(H,23,24,25,26). The molecule has 8 heteroatoms. The Labute approximate surface area is 167 Å². The highest BCUT2D eigenvalue weighted by Crippen LogP contribution is 2.24. The Hall–Kier alpha value is -3.65. The summed E-state index contributed by atoms with van der Waals surface area (Å²) >= 11 is 0. The van der Waals surface area contributed by atoms with Gasteiger partial charge in [-0.1, -0.05) is 0 Å². The Bertz CT molecular complexity index is 1110. The maximum Gasteiger partial charge on any atom is 0.326 e. The van der Waals surface area contributed by atoms with Gasteiger partial charge in [0, 0.05) is 41.6 Å². The highest BCUT2D eigenvalue weighted by molar-refractivity contribution is 5.80. The van der Waals surface area contributed by atoms with E-state index in [-0.39, 0.29) is 6.01 Å². The number of hydrogen-bond acceptors (Lipinski definition) is 7. The first-order valence-corrected chi connectivity index (χ1v) is 9.47. The van der Waals surface area contributed by atoms with Crippen molar-refractivity contribution in [2.24, 2.45) is 0 Å². The van der Waals surface area contributed by atoms with Gasteiger partial charge in [0.15, 0.2) is 0 Å². The predicted octanol–water partition coefficient (Wildman–Crippen LogP) is 3.73. The summed E-state index contributed by atoms with van der Waals surface area (Å²) in [5.74, 6) is 1.10. The number of benzene rings is 2. The second kappa shape index (κ2) is 7.76.